The van der Waals surface area contributed by atoms with E-state index in [4.69, 9.17) is 9.47 Å². The molecule has 1 amide bonds. The van der Waals surface area contributed by atoms with Crippen molar-refractivity contribution in [2.45, 2.75) is 64.6 Å². The molecule has 2 atom stereocenters. The minimum Gasteiger partial charge on any atom is -0.493 e. The fraction of sp³-hybridized carbons (Fsp3) is 0.519. The second-order valence-electron chi connectivity index (χ2n) is 9.34. The van der Waals surface area contributed by atoms with Gasteiger partial charge in [0.1, 0.15) is 0 Å². The Labute approximate surface area is 192 Å². The van der Waals surface area contributed by atoms with Crippen molar-refractivity contribution in [3.05, 3.63) is 58.7 Å². The normalized spacial score (nSPS) is 19.9. The first-order valence-electron chi connectivity index (χ1n) is 11.8. The van der Waals surface area contributed by atoms with Crippen LogP contribution >= 0.6 is 0 Å². The summed E-state index contributed by atoms with van der Waals surface area (Å²) in [4.78, 5) is 15.5. The number of benzene rings is 2. The minimum absolute atomic E-state index is 0.00861. The van der Waals surface area contributed by atoms with Crippen LogP contribution < -0.4 is 14.8 Å². The van der Waals surface area contributed by atoms with Gasteiger partial charge < -0.3 is 14.8 Å². The van der Waals surface area contributed by atoms with Crippen LogP contribution in [0.25, 0.3) is 0 Å². The summed E-state index contributed by atoms with van der Waals surface area (Å²) in [5, 5.41) is 3.37. The van der Waals surface area contributed by atoms with Gasteiger partial charge in [-0.15, -0.1) is 0 Å². The molecule has 1 aliphatic heterocycles. The maximum Gasteiger partial charge on any atom is 0.223 e. The number of nitrogens with one attached hydrogen (secondary N) is 1. The molecule has 0 bridgehead atoms. The largest absolute Gasteiger partial charge is 0.493 e. The van der Waals surface area contributed by atoms with E-state index in [-0.39, 0.29) is 23.9 Å². The highest BCUT2D eigenvalue weighted by Gasteiger charge is 2.35. The van der Waals surface area contributed by atoms with Gasteiger partial charge in [0.2, 0.25) is 5.91 Å². The maximum absolute atomic E-state index is 13.0. The van der Waals surface area contributed by atoms with Crippen molar-refractivity contribution < 1.29 is 14.3 Å². The first-order valence-corrected chi connectivity index (χ1v) is 11.8. The van der Waals surface area contributed by atoms with Crippen molar-refractivity contribution in [1.29, 1.82) is 0 Å². The lowest BCUT2D eigenvalue weighted by molar-refractivity contribution is -0.126. The number of amides is 1. The molecule has 0 unspecified atom stereocenters. The minimum atomic E-state index is -0.00861. The van der Waals surface area contributed by atoms with Crippen LogP contribution in [0.3, 0.4) is 0 Å². The number of nitrogens with zero attached hydrogens (tertiary/aromatic N) is 1. The van der Waals surface area contributed by atoms with Crippen molar-refractivity contribution in [1.82, 2.24) is 10.2 Å². The SMILES string of the molecule is COc1cc2c(cc1OC)[C@H]([C@@H](C)NC(=O)C1CCCC1)N(Cc1ccc(C)cc1)CC2. The third-order valence-corrected chi connectivity index (χ3v) is 7.10. The van der Waals surface area contributed by atoms with Crippen LogP contribution in [-0.2, 0) is 17.8 Å². The zero-order chi connectivity index (χ0) is 22.7. The van der Waals surface area contributed by atoms with Crippen molar-refractivity contribution >= 4 is 5.91 Å². The third kappa shape index (κ3) is 4.78. The molecule has 1 aliphatic carbocycles. The molecule has 1 heterocycles. The van der Waals surface area contributed by atoms with E-state index in [9.17, 15) is 4.79 Å². The molecule has 0 aromatic heterocycles. The molecule has 2 aromatic rings. The van der Waals surface area contributed by atoms with Crippen LogP contribution in [0.5, 0.6) is 11.5 Å². The molecule has 1 fully saturated rings. The van der Waals surface area contributed by atoms with Gasteiger partial charge in [-0.25, -0.2) is 0 Å². The highest BCUT2D eigenvalue weighted by atomic mass is 16.5. The van der Waals surface area contributed by atoms with Gasteiger partial charge in [0.05, 0.1) is 20.3 Å². The Morgan fingerprint density at radius 1 is 1.09 bits per heavy atom. The number of rotatable bonds is 7. The standard InChI is InChI=1S/C27H36N2O3/c1-18-9-11-20(12-10-18)17-29-14-13-22-15-24(31-3)25(32-4)16-23(22)26(29)19(2)28-27(30)21-7-5-6-8-21/h9-12,15-16,19,21,26H,5-8,13-14,17H2,1-4H3,(H,28,30)/t19-,26+/m1/s1. The Bertz CT molecular complexity index is 935. The van der Waals surface area contributed by atoms with E-state index < -0.39 is 0 Å². The lowest BCUT2D eigenvalue weighted by Gasteiger charge is -2.41. The van der Waals surface area contributed by atoms with Gasteiger partial charge in [-0.3, -0.25) is 9.69 Å². The van der Waals surface area contributed by atoms with Crippen molar-refractivity contribution in [2.24, 2.45) is 5.92 Å². The molecule has 0 spiro atoms. The maximum atomic E-state index is 13.0. The Morgan fingerprint density at radius 2 is 1.75 bits per heavy atom. The smallest absolute Gasteiger partial charge is 0.223 e. The summed E-state index contributed by atoms with van der Waals surface area (Å²) >= 11 is 0. The first kappa shape index (κ1) is 22.7. The number of aryl methyl sites for hydroxylation is 1. The number of carbonyl (C=O) groups is 1. The molecular weight excluding hydrogens is 400 g/mol. The van der Waals surface area contributed by atoms with E-state index >= 15 is 0 Å². The summed E-state index contributed by atoms with van der Waals surface area (Å²) in [6.45, 7) is 6.04. The van der Waals surface area contributed by atoms with Crippen molar-refractivity contribution in [3.8, 4) is 11.5 Å². The van der Waals surface area contributed by atoms with Crippen LogP contribution in [0.4, 0.5) is 0 Å². The summed E-state index contributed by atoms with van der Waals surface area (Å²) < 4.78 is 11.2. The molecule has 5 nitrogen and oxygen atoms in total. The summed E-state index contributed by atoms with van der Waals surface area (Å²) in [5.74, 6) is 1.87. The Morgan fingerprint density at radius 3 is 2.41 bits per heavy atom. The predicted octanol–water partition coefficient (Wildman–Crippen LogP) is 4.81. The number of methoxy groups -OCH3 is 2. The highest BCUT2D eigenvalue weighted by Crippen LogP contribution is 2.40. The van der Waals surface area contributed by atoms with Gasteiger partial charge in [0.15, 0.2) is 11.5 Å². The summed E-state index contributed by atoms with van der Waals surface area (Å²) in [6.07, 6.45) is 5.29. The van der Waals surface area contributed by atoms with E-state index in [0.29, 0.717) is 0 Å². The summed E-state index contributed by atoms with van der Waals surface area (Å²) in [6, 6.07) is 13.0. The lowest BCUT2D eigenvalue weighted by atomic mass is 9.87. The molecule has 1 saturated carbocycles. The topological polar surface area (TPSA) is 50.8 Å². The average Bonchev–Trinajstić information content (AvgIpc) is 3.34. The van der Waals surface area contributed by atoms with Crippen molar-refractivity contribution in [3.63, 3.8) is 0 Å². The fourth-order valence-corrected chi connectivity index (χ4v) is 5.33. The monoisotopic (exact) mass is 436 g/mol. The zero-order valence-corrected chi connectivity index (χ0v) is 19.8. The zero-order valence-electron chi connectivity index (χ0n) is 19.8. The van der Waals surface area contributed by atoms with Crippen LogP contribution in [0, 0.1) is 12.8 Å². The van der Waals surface area contributed by atoms with Crippen LogP contribution in [0.1, 0.15) is 60.9 Å². The molecule has 2 aromatic carbocycles. The molecular formula is C27H36N2O3. The first-order chi connectivity index (χ1) is 15.5. The van der Waals surface area contributed by atoms with Crippen LogP contribution in [-0.4, -0.2) is 37.6 Å². The van der Waals surface area contributed by atoms with Crippen LogP contribution in [0.15, 0.2) is 36.4 Å². The van der Waals surface area contributed by atoms with Gasteiger partial charge in [0, 0.05) is 25.0 Å². The molecule has 2 aliphatic rings. The number of hydrogen-bond donors (Lipinski definition) is 1. The molecule has 4 rings (SSSR count). The Balaban J connectivity index is 1.65. The van der Waals surface area contributed by atoms with Gasteiger partial charge in [-0.05, 0) is 61.9 Å². The average molecular weight is 437 g/mol. The van der Waals surface area contributed by atoms with Gasteiger partial charge in [-0.1, -0.05) is 42.7 Å². The molecule has 1 N–H and O–H groups in total. The Kier molecular flexibility index (Phi) is 7.04. The number of ether oxygens (including phenoxy) is 2. The second kappa shape index (κ2) is 9.95. The third-order valence-electron chi connectivity index (χ3n) is 7.10. The molecule has 5 heteroatoms. The second-order valence-corrected chi connectivity index (χ2v) is 9.34. The van der Waals surface area contributed by atoms with E-state index in [2.05, 4.69) is 60.5 Å². The van der Waals surface area contributed by atoms with E-state index in [0.717, 1.165) is 56.7 Å². The quantitative estimate of drug-likeness (QED) is 0.677. The van der Waals surface area contributed by atoms with Gasteiger partial charge in [-0.2, -0.15) is 0 Å². The fourth-order valence-electron chi connectivity index (χ4n) is 5.33. The molecule has 0 saturated heterocycles. The summed E-state index contributed by atoms with van der Waals surface area (Å²) in [5.41, 5.74) is 5.05. The molecule has 172 valence electrons. The van der Waals surface area contributed by atoms with Gasteiger partial charge >= 0.3 is 0 Å². The number of fused-ring (bicyclic) bond motifs is 1. The predicted molar refractivity (Wildman–Crippen MR) is 127 cm³/mol. The van der Waals surface area contributed by atoms with E-state index in [1.54, 1.807) is 14.2 Å². The van der Waals surface area contributed by atoms with Crippen molar-refractivity contribution in [2.75, 3.05) is 20.8 Å². The Hall–Kier alpha value is -2.53. The van der Waals surface area contributed by atoms with Gasteiger partial charge in [0.25, 0.3) is 0 Å². The molecule has 0 radical (unpaired) electrons. The lowest BCUT2D eigenvalue weighted by Crippen LogP contribution is -2.48. The summed E-state index contributed by atoms with van der Waals surface area (Å²) in [7, 11) is 3.36. The number of hydrogen-bond acceptors (Lipinski definition) is 4. The van der Waals surface area contributed by atoms with Crippen LogP contribution in [0.2, 0.25) is 0 Å². The highest BCUT2D eigenvalue weighted by molar-refractivity contribution is 5.79. The van der Waals surface area contributed by atoms with E-state index in [1.165, 1.54) is 22.3 Å². The van der Waals surface area contributed by atoms with E-state index in [1.807, 2.05) is 0 Å². The molecule has 32 heavy (non-hydrogen) atoms. The number of carbonyl (C=O) groups excluding carboxylic acids is 1.